The Kier molecular flexibility index (Phi) is 4.94. The highest BCUT2D eigenvalue weighted by Gasteiger charge is 2.84. The van der Waals surface area contributed by atoms with Gasteiger partial charge in [0.1, 0.15) is 18.6 Å². The van der Waals surface area contributed by atoms with E-state index in [1.165, 1.54) is 0 Å². The lowest BCUT2D eigenvalue weighted by molar-refractivity contribution is -0.910. The minimum Gasteiger partial charge on any atom is -0.412 e. The van der Waals surface area contributed by atoms with Crippen molar-refractivity contribution in [2.45, 2.75) is 25.6 Å². The summed E-state index contributed by atoms with van der Waals surface area (Å²) in [5, 5.41) is 21.2. The zero-order valence-corrected chi connectivity index (χ0v) is 16.1. The van der Waals surface area contributed by atoms with Crippen LogP contribution in [0.25, 0.3) is 0 Å². The number of carbonyl (C=O) groups is 4. The third-order valence-corrected chi connectivity index (χ3v) is 6.47. The molecule has 1 saturated heterocycles. The van der Waals surface area contributed by atoms with Crippen molar-refractivity contribution in [3.05, 3.63) is 48.0 Å². The van der Waals surface area contributed by atoms with Gasteiger partial charge in [0.25, 0.3) is 0 Å². The topological polar surface area (TPSA) is 144 Å². The lowest BCUT2D eigenvalue weighted by atomic mass is 9.65. The third-order valence-electron chi connectivity index (χ3n) is 6.47. The Hall–Kier alpha value is -2.72. The van der Waals surface area contributed by atoms with Crippen molar-refractivity contribution in [3.63, 3.8) is 0 Å². The first-order chi connectivity index (χ1) is 14.3. The van der Waals surface area contributed by atoms with E-state index in [0.29, 0.717) is 12.0 Å². The lowest BCUT2D eigenvalue weighted by Gasteiger charge is -2.30. The number of imide groups is 3. The zero-order valence-electron chi connectivity index (χ0n) is 16.1. The average molecular weight is 415 g/mol. The number of ketones is 1. The molecule has 6 unspecified atom stereocenters. The minimum absolute atomic E-state index is 0.00202. The molecule has 2 aliphatic carbocycles. The summed E-state index contributed by atoms with van der Waals surface area (Å²) in [4.78, 5) is 52.5. The van der Waals surface area contributed by atoms with Crippen LogP contribution in [0.2, 0.25) is 0 Å². The standard InChI is InChI=1S/C21H23N2O7/c22-9-8-15(24)17(25)21-14-7-6-13(10-14)16(21)18(26)23(29,19(21)27)20(28)30-11-12-4-2-1-3-5-12/h1-7,13-16,24,29H,8-11,22H2/q+1. The number of carbonyl (C=O) groups excluding carboxylic acids is 4. The summed E-state index contributed by atoms with van der Waals surface area (Å²) in [6.07, 6.45) is 0.593. The number of rotatable bonds is 6. The number of amides is 3. The number of ether oxygens (including phenoxy) is 1. The summed E-state index contributed by atoms with van der Waals surface area (Å²) in [5.74, 6) is -5.61. The summed E-state index contributed by atoms with van der Waals surface area (Å²) in [5.41, 5.74) is 4.03. The molecule has 1 saturated carbocycles. The maximum atomic E-state index is 13.4. The molecular formula is C21H23N2O7+. The van der Waals surface area contributed by atoms with Gasteiger partial charge < -0.3 is 15.6 Å². The predicted molar refractivity (Wildman–Crippen MR) is 100 cm³/mol. The number of nitrogens with zero attached hydrogens (tertiary/aromatic N) is 1. The first-order valence-electron chi connectivity index (χ1n) is 9.82. The molecule has 0 spiro atoms. The van der Waals surface area contributed by atoms with E-state index in [1.54, 1.807) is 42.5 Å². The molecule has 2 bridgehead atoms. The van der Waals surface area contributed by atoms with Crippen molar-refractivity contribution in [2.24, 2.45) is 28.9 Å². The van der Waals surface area contributed by atoms with Crippen LogP contribution < -0.4 is 5.73 Å². The molecule has 0 radical (unpaired) electrons. The van der Waals surface area contributed by atoms with Crippen molar-refractivity contribution in [3.8, 4) is 0 Å². The summed E-state index contributed by atoms with van der Waals surface area (Å²) >= 11 is 0. The van der Waals surface area contributed by atoms with Gasteiger partial charge in [0, 0.05) is 10.6 Å². The number of nitrogens with two attached hydrogens (primary N) is 1. The van der Waals surface area contributed by atoms with E-state index in [9.17, 15) is 29.5 Å². The summed E-state index contributed by atoms with van der Waals surface area (Å²) in [6, 6.07) is 8.56. The van der Waals surface area contributed by atoms with Crippen LogP contribution in [0.15, 0.2) is 42.5 Å². The Morgan fingerprint density at radius 1 is 1.23 bits per heavy atom. The highest BCUT2D eigenvalue weighted by atomic mass is 16.7. The number of aliphatic hydroxyl groups excluding tert-OH is 1. The molecular weight excluding hydrogens is 392 g/mol. The van der Waals surface area contributed by atoms with Crippen LogP contribution in [0.3, 0.4) is 0 Å². The molecule has 4 rings (SSSR count). The van der Waals surface area contributed by atoms with E-state index >= 15 is 0 Å². The molecule has 158 valence electrons. The van der Waals surface area contributed by atoms with Crippen LogP contribution in [0.5, 0.6) is 0 Å². The molecule has 6 atom stereocenters. The molecule has 1 aromatic carbocycles. The van der Waals surface area contributed by atoms with Gasteiger partial charge in [0.05, 0.1) is 0 Å². The molecule has 9 nitrogen and oxygen atoms in total. The number of allylic oxidation sites excluding steroid dienone is 2. The number of hydroxylamine groups is 3. The van der Waals surface area contributed by atoms with E-state index in [0.717, 1.165) is 0 Å². The average Bonchev–Trinajstić information content (AvgIpc) is 3.40. The second-order valence-corrected chi connectivity index (χ2v) is 8.01. The van der Waals surface area contributed by atoms with Gasteiger partial charge in [-0.25, -0.2) is 9.59 Å². The number of aliphatic hydroxyl groups is 1. The minimum atomic E-state index is -2.23. The van der Waals surface area contributed by atoms with Gasteiger partial charge >= 0.3 is 17.9 Å². The van der Waals surface area contributed by atoms with Gasteiger partial charge in [0.2, 0.25) is 0 Å². The molecule has 3 amide bonds. The van der Waals surface area contributed by atoms with Crippen molar-refractivity contribution >= 4 is 23.7 Å². The van der Waals surface area contributed by atoms with Crippen molar-refractivity contribution in [2.75, 3.05) is 6.54 Å². The number of likely N-dealkylation sites (tertiary alicyclic amines) is 1. The summed E-state index contributed by atoms with van der Waals surface area (Å²) in [6.45, 7) is -0.259. The molecule has 3 aliphatic rings. The number of hydrogen-bond acceptors (Lipinski definition) is 8. The van der Waals surface area contributed by atoms with Crippen LogP contribution >= 0.6 is 0 Å². The molecule has 1 aliphatic heterocycles. The molecule has 9 heteroatoms. The van der Waals surface area contributed by atoms with Crippen LogP contribution in [-0.4, -0.2) is 51.3 Å². The Morgan fingerprint density at radius 2 is 1.93 bits per heavy atom. The number of hydrogen-bond donors (Lipinski definition) is 3. The van der Waals surface area contributed by atoms with Crippen molar-refractivity contribution in [1.82, 2.24) is 0 Å². The fraction of sp³-hybridized carbons (Fsp3) is 0.429. The molecule has 1 aromatic rings. The van der Waals surface area contributed by atoms with Crippen LogP contribution in [0, 0.1) is 23.2 Å². The molecule has 0 aromatic heterocycles. The number of benzene rings is 1. The number of fused-ring (bicyclic) bond motifs is 5. The second kappa shape index (κ2) is 7.21. The Balaban J connectivity index is 1.68. The fourth-order valence-corrected chi connectivity index (χ4v) is 5.11. The third kappa shape index (κ3) is 2.56. The molecule has 30 heavy (non-hydrogen) atoms. The van der Waals surface area contributed by atoms with Crippen LogP contribution in [0.4, 0.5) is 4.79 Å². The van der Waals surface area contributed by atoms with Crippen molar-refractivity contribution < 1.29 is 38.9 Å². The lowest BCUT2D eigenvalue weighted by Crippen LogP contribution is -2.59. The SMILES string of the molecule is NCCC(O)C(=O)C12C(=O)[N+](O)(C(=O)OCc3ccccc3)C(=O)C1C1C=CC2C1. The van der Waals surface area contributed by atoms with E-state index in [4.69, 9.17) is 10.5 Å². The second-order valence-electron chi connectivity index (χ2n) is 8.01. The van der Waals surface area contributed by atoms with Gasteiger partial charge in [-0.15, -0.1) is 0 Å². The van der Waals surface area contributed by atoms with Crippen LogP contribution in [0.1, 0.15) is 18.4 Å². The molecule has 1 heterocycles. The maximum absolute atomic E-state index is 13.4. The fourth-order valence-electron chi connectivity index (χ4n) is 5.11. The van der Waals surface area contributed by atoms with E-state index in [1.807, 2.05) is 0 Å². The number of Topliss-reactive ketones (excluding diaryl/α,β-unsaturated/α-hetero) is 1. The number of quaternary nitrogens is 1. The van der Waals surface area contributed by atoms with E-state index in [2.05, 4.69) is 0 Å². The highest BCUT2D eigenvalue weighted by Crippen LogP contribution is 2.63. The Morgan fingerprint density at radius 3 is 2.60 bits per heavy atom. The van der Waals surface area contributed by atoms with Gasteiger partial charge in [-0.1, -0.05) is 42.5 Å². The van der Waals surface area contributed by atoms with E-state index in [-0.39, 0.29) is 19.6 Å². The zero-order chi connectivity index (χ0) is 21.7. The van der Waals surface area contributed by atoms with E-state index < -0.39 is 57.6 Å². The molecule has 4 N–H and O–H groups in total. The molecule has 2 fully saturated rings. The summed E-state index contributed by atoms with van der Waals surface area (Å²) < 4.78 is 2.84. The monoisotopic (exact) mass is 415 g/mol. The van der Waals surface area contributed by atoms with Crippen LogP contribution in [-0.2, 0) is 25.7 Å². The van der Waals surface area contributed by atoms with Gasteiger partial charge in [-0.05, 0) is 30.9 Å². The van der Waals surface area contributed by atoms with Crippen molar-refractivity contribution in [1.29, 1.82) is 0 Å². The first kappa shape index (κ1) is 20.5. The smallest absolute Gasteiger partial charge is 0.412 e. The Bertz CT molecular complexity index is 946. The van der Waals surface area contributed by atoms with Gasteiger partial charge in [0.15, 0.2) is 11.2 Å². The highest BCUT2D eigenvalue weighted by molar-refractivity contribution is 6.18. The van der Waals surface area contributed by atoms with Gasteiger partial charge in [-0.3, -0.25) is 4.79 Å². The first-order valence-corrected chi connectivity index (χ1v) is 9.82. The maximum Gasteiger partial charge on any atom is 0.566 e. The Labute approximate surface area is 172 Å². The predicted octanol–water partition coefficient (Wildman–Crippen LogP) is 0.683. The largest absolute Gasteiger partial charge is 0.566 e. The normalized spacial score (nSPS) is 34.8. The van der Waals surface area contributed by atoms with Gasteiger partial charge in [-0.2, -0.15) is 10.0 Å². The summed E-state index contributed by atoms with van der Waals surface area (Å²) in [7, 11) is 0. The quantitative estimate of drug-likeness (QED) is 0.202.